The lowest BCUT2D eigenvalue weighted by molar-refractivity contribution is 0.0663. The molecular weight excluding hydrogens is 190 g/mol. The Hall–Kier alpha value is -2.08. The molecule has 3 heteroatoms. The molecular formula is C12H9NO2. The van der Waals surface area contributed by atoms with Crippen LogP contribution in [-0.4, -0.2) is 23.3 Å². The first-order chi connectivity index (χ1) is 7.19. The standard InChI is InChI=1S/C12H9NO2/c1-3-8-5-6-9-10(7-8)12(15)13(4-2)11(9)14/h1,5-7H,4H2,2H3. The van der Waals surface area contributed by atoms with Crippen LogP contribution in [0.3, 0.4) is 0 Å². The number of imide groups is 1. The molecule has 1 aromatic carbocycles. The fourth-order valence-electron chi connectivity index (χ4n) is 1.67. The van der Waals surface area contributed by atoms with Crippen molar-refractivity contribution >= 4 is 11.8 Å². The van der Waals surface area contributed by atoms with Crippen molar-refractivity contribution in [3.05, 3.63) is 34.9 Å². The fourth-order valence-corrected chi connectivity index (χ4v) is 1.67. The molecule has 0 saturated carbocycles. The number of fused-ring (bicyclic) bond motifs is 1. The van der Waals surface area contributed by atoms with Gasteiger partial charge in [0.15, 0.2) is 0 Å². The number of rotatable bonds is 1. The molecule has 2 amide bonds. The van der Waals surface area contributed by atoms with E-state index >= 15 is 0 Å². The van der Waals surface area contributed by atoms with Crippen LogP contribution in [0.1, 0.15) is 33.2 Å². The number of benzene rings is 1. The van der Waals surface area contributed by atoms with E-state index in [0.717, 1.165) is 0 Å². The van der Waals surface area contributed by atoms with Gasteiger partial charge in [0.25, 0.3) is 11.8 Å². The number of nitrogens with zero attached hydrogens (tertiary/aromatic N) is 1. The van der Waals surface area contributed by atoms with Crippen molar-refractivity contribution < 1.29 is 9.59 Å². The zero-order valence-electron chi connectivity index (χ0n) is 8.28. The molecule has 3 nitrogen and oxygen atoms in total. The molecule has 0 radical (unpaired) electrons. The number of carbonyl (C=O) groups is 2. The summed E-state index contributed by atoms with van der Waals surface area (Å²) in [6.07, 6.45) is 5.23. The van der Waals surface area contributed by atoms with E-state index in [-0.39, 0.29) is 11.8 Å². The van der Waals surface area contributed by atoms with Gasteiger partial charge in [-0.05, 0) is 25.1 Å². The molecule has 0 atom stereocenters. The summed E-state index contributed by atoms with van der Waals surface area (Å²) in [5.41, 5.74) is 1.48. The molecule has 1 aliphatic heterocycles. The van der Waals surface area contributed by atoms with Gasteiger partial charge in [0, 0.05) is 12.1 Å². The first kappa shape index (κ1) is 9.47. The summed E-state index contributed by atoms with van der Waals surface area (Å²) in [5.74, 6) is 1.95. The molecule has 1 aromatic rings. The Morgan fingerprint density at radius 2 is 1.93 bits per heavy atom. The summed E-state index contributed by atoms with van der Waals surface area (Å²) in [4.78, 5) is 24.6. The largest absolute Gasteiger partial charge is 0.275 e. The topological polar surface area (TPSA) is 37.4 Å². The van der Waals surface area contributed by atoms with Crippen LogP contribution in [0.15, 0.2) is 18.2 Å². The minimum Gasteiger partial charge on any atom is -0.275 e. The van der Waals surface area contributed by atoms with E-state index in [1.54, 1.807) is 25.1 Å². The maximum absolute atomic E-state index is 11.7. The Morgan fingerprint density at radius 3 is 2.53 bits per heavy atom. The van der Waals surface area contributed by atoms with Gasteiger partial charge in [-0.25, -0.2) is 0 Å². The number of carbonyl (C=O) groups excluding carboxylic acids is 2. The number of hydrogen-bond acceptors (Lipinski definition) is 2. The summed E-state index contributed by atoms with van der Waals surface area (Å²) >= 11 is 0. The third-order valence-corrected chi connectivity index (χ3v) is 2.45. The molecule has 74 valence electrons. The molecule has 0 fully saturated rings. The zero-order chi connectivity index (χ0) is 11.0. The average molecular weight is 199 g/mol. The summed E-state index contributed by atoms with van der Waals surface area (Å²) < 4.78 is 0. The zero-order valence-corrected chi connectivity index (χ0v) is 8.28. The Labute approximate surface area is 87.7 Å². The highest BCUT2D eigenvalue weighted by atomic mass is 16.2. The van der Waals surface area contributed by atoms with E-state index in [2.05, 4.69) is 5.92 Å². The van der Waals surface area contributed by atoms with Gasteiger partial charge in [0.1, 0.15) is 0 Å². The number of amides is 2. The highest BCUT2D eigenvalue weighted by Gasteiger charge is 2.34. The van der Waals surface area contributed by atoms with E-state index < -0.39 is 0 Å². The maximum atomic E-state index is 11.7. The van der Waals surface area contributed by atoms with Gasteiger partial charge >= 0.3 is 0 Å². The summed E-state index contributed by atoms with van der Waals surface area (Å²) in [6, 6.07) is 4.87. The van der Waals surface area contributed by atoms with Crippen molar-refractivity contribution in [1.82, 2.24) is 4.90 Å². The van der Waals surface area contributed by atoms with Gasteiger partial charge in [-0.2, -0.15) is 0 Å². The molecule has 0 aromatic heterocycles. The van der Waals surface area contributed by atoms with Crippen molar-refractivity contribution in [2.75, 3.05) is 6.54 Å². The van der Waals surface area contributed by atoms with Crippen LogP contribution in [-0.2, 0) is 0 Å². The molecule has 0 bridgehead atoms. The predicted molar refractivity (Wildman–Crippen MR) is 55.4 cm³/mol. The van der Waals surface area contributed by atoms with E-state index in [1.165, 1.54) is 4.90 Å². The van der Waals surface area contributed by atoms with Crippen LogP contribution in [0.25, 0.3) is 0 Å². The summed E-state index contributed by atoms with van der Waals surface area (Å²) in [5, 5.41) is 0. The van der Waals surface area contributed by atoms with Crippen LogP contribution in [0.2, 0.25) is 0 Å². The molecule has 2 rings (SSSR count). The van der Waals surface area contributed by atoms with Crippen molar-refractivity contribution in [1.29, 1.82) is 0 Å². The van der Waals surface area contributed by atoms with E-state index in [9.17, 15) is 9.59 Å². The van der Waals surface area contributed by atoms with Crippen LogP contribution < -0.4 is 0 Å². The van der Waals surface area contributed by atoms with Gasteiger partial charge in [-0.3, -0.25) is 14.5 Å². The van der Waals surface area contributed by atoms with E-state index in [1.807, 2.05) is 0 Å². The van der Waals surface area contributed by atoms with Gasteiger partial charge in [-0.1, -0.05) is 5.92 Å². The average Bonchev–Trinajstić information content (AvgIpc) is 2.51. The predicted octanol–water partition coefficient (Wildman–Crippen LogP) is 1.28. The Balaban J connectivity index is 2.59. The number of hydrogen-bond donors (Lipinski definition) is 0. The SMILES string of the molecule is C#Cc1ccc2c(c1)C(=O)N(CC)C2=O. The second kappa shape index (κ2) is 3.25. The Bertz CT molecular complexity index is 497. The second-order valence-electron chi connectivity index (χ2n) is 3.26. The Morgan fingerprint density at radius 1 is 1.27 bits per heavy atom. The van der Waals surface area contributed by atoms with Gasteiger partial charge in [0.2, 0.25) is 0 Å². The van der Waals surface area contributed by atoms with Gasteiger partial charge in [-0.15, -0.1) is 6.42 Å². The lowest BCUT2D eigenvalue weighted by Crippen LogP contribution is -2.29. The summed E-state index contributed by atoms with van der Waals surface area (Å²) in [7, 11) is 0. The maximum Gasteiger partial charge on any atom is 0.261 e. The van der Waals surface area contributed by atoms with E-state index in [4.69, 9.17) is 6.42 Å². The first-order valence-corrected chi connectivity index (χ1v) is 4.66. The fraction of sp³-hybridized carbons (Fsp3) is 0.167. The van der Waals surface area contributed by atoms with Crippen molar-refractivity contribution in [3.63, 3.8) is 0 Å². The van der Waals surface area contributed by atoms with Crippen molar-refractivity contribution in [2.45, 2.75) is 6.92 Å². The second-order valence-corrected chi connectivity index (χ2v) is 3.26. The lowest BCUT2D eigenvalue weighted by atomic mass is 10.1. The van der Waals surface area contributed by atoms with Crippen LogP contribution in [0, 0.1) is 12.3 Å². The quantitative estimate of drug-likeness (QED) is 0.504. The van der Waals surface area contributed by atoms with Gasteiger partial charge < -0.3 is 0 Å². The molecule has 0 unspecified atom stereocenters. The van der Waals surface area contributed by atoms with E-state index in [0.29, 0.717) is 23.2 Å². The monoisotopic (exact) mass is 199 g/mol. The van der Waals surface area contributed by atoms with Crippen LogP contribution in [0.5, 0.6) is 0 Å². The molecule has 0 spiro atoms. The summed E-state index contributed by atoms with van der Waals surface area (Å²) in [6.45, 7) is 2.15. The van der Waals surface area contributed by atoms with Crippen molar-refractivity contribution in [3.8, 4) is 12.3 Å². The molecule has 0 saturated heterocycles. The highest BCUT2D eigenvalue weighted by Crippen LogP contribution is 2.23. The molecule has 1 heterocycles. The third kappa shape index (κ3) is 1.23. The first-order valence-electron chi connectivity index (χ1n) is 4.66. The van der Waals surface area contributed by atoms with Crippen LogP contribution in [0.4, 0.5) is 0 Å². The smallest absolute Gasteiger partial charge is 0.261 e. The normalized spacial score (nSPS) is 14.0. The molecule has 1 aliphatic rings. The van der Waals surface area contributed by atoms with Crippen LogP contribution >= 0.6 is 0 Å². The lowest BCUT2D eigenvalue weighted by Gasteiger charge is -2.08. The van der Waals surface area contributed by atoms with Crippen molar-refractivity contribution in [2.24, 2.45) is 0 Å². The minimum absolute atomic E-state index is 0.235. The third-order valence-electron chi connectivity index (χ3n) is 2.45. The highest BCUT2D eigenvalue weighted by molar-refractivity contribution is 6.21. The molecule has 15 heavy (non-hydrogen) atoms. The van der Waals surface area contributed by atoms with Gasteiger partial charge in [0.05, 0.1) is 11.1 Å². The molecule has 0 aliphatic carbocycles. The number of terminal acetylenes is 1. The molecule has 0 N–H and O–H groups in total. The Kier molecular flexibility index (Phi) is 2.05. The minimum atomic E-state index is -0.255.